The van der Waals surface area contributed by atoms with Crippen LogP contribution in [0.4, 0.5) is 11.4 Å². The number of nitrogen functional groups attached to an aromatic ring is 1. The summed E-state index contributed by atoms with van der Waals surface area (Å²) in [5.41, 5.74) is 6.85. The predicted octanol–water partition coefficient (Wildman–Crippen LogP) is 1.69. The van der Waals surface area contributed by atoms with E-state index in [9.17, 15) is 27.4 Å². The van der Waals surface area contributed by atoms with Crippen LogP contribution in [0.25, 0.3) is 0 Å². The molecule has 11 nitrogen and oxygen atoms in total. The zero-order valence-corrected chi connectivity index (χ0v) is 20.8. The summed E-state index contributed by atoms with van der Waals surface area (Å²) in [5, 5.41) is 0.692. The summed E-state index contributed by atoms with van der Waals surface area (Å²) >= 11 is 0. The van der Waals surface area contributed by atoms with Gasteiger partial charge in [0.05, 0.1) is 18.4 Å². The van der Waals surface area contributed by atoms with Crippen molar-refractivity contribution in [3.8, 4) is 5.75 Å². The number of ether oxygens (including phenoxy) is 1. The minimum absolute atomic E-state index is 0. The second-order valence-electron chi connectivity index (χ2n) is 7.61. The van der Waals surface area contributed by atoms with Crippen molar-refractivity contribution in [1.82, 2.24) is 0 Å². The van der Waals surface area contributed by atoms with Crippen LogP contribution in [0.5, 0.6) is 5.75 Å². The second-order valence-corrected chi connectivity index (χ2v) is 9.21. The van der Waals surface area contributed by atoms with E-state index in [4.69, 9.17) is 10.5 Å². The molecule has 4 rings (SSSR count). The number of nitrogens with one attached hydrogen (secondary N) is 1. The van der Waals surface area contributed by atoms with Crippen LogP contribution in [0.2, 0.25) is 0 Å². The first-order valence-corrected chi connectivity index (χ1v) is 12.1. The van der Waals surface area contributed by atoms with Gasteiger partial charge in [-0.3, -0.25) is 18.9 Å². The number of hydrogen-bond acceptors (Lipinski definition) is 7. The highest BCUT2D eigenvalue weighted by molar-refractivity contribution is 7.87. The highest BCUT2D eigenvalue weighted by Gasteiger charge is 2.34. The molecule has 0 aliphatic heterocycles. The van der Waals surface area contributed by atoms with Crippen molar-refractivity contribution in [2.24, 2.45) is 0 Å². The third kappa shape index (κ3) is 6.77. The van der Waals surface area contributed by atoms with Crippen LogP contribution in [-0.4, -0.2) is 53.8 Å². The van der Waals surface area contributed by atoms with Crippen molar-refractivity contribution in [3.05, 3.63) is 89.0 Å². The Morgan fingerprint density at radius 2 is 1.46 bits per heavy atom. The molecule has 0 aromatic heterocycles. The van der Waals surface area contributed by atoms with E-state index in [1.165, 1.54) is 31.2 Å². The number of anilines is 2. The van der Waals surface area contributed by atoms with Crippen LogP contribution in [0.3, 0.4) is 0 Å². The molecule has 0 saturated heterocycles. The molecular formula is C25H28N2O9S. The van der Waals surface area contributed by atoms with E-state index >= 15 is 0 Å². The summed E-state index contributed by atoms with van der Waals surface area (Å²) in [4.78, 5) is 37.7. The molecule has 37 heavy (non-hydrogen) atoms. The normalized spacial score (nSPS) is 12.3. The molecule has 0 radical (unpaired) electrons. The zero-order chi connectivity index (χ0) is 25.8. The fraction of sp³-hybridized carbons (Fsp3) is 0.160. The average molecular weight is 533 g/mol. The Kier molecular flexibility index (Phi) is 10.6. The fourth-order valence-corrected chi connectivity index (χ4v) is 4.35. The SMILES string of the molecule is CCC(C(=O)Nc1cccc2c1C(=O)c1ccccc1C2=O)S(=O)(=O)O.COc1ccc(N)cc1.O.O. The molecule has 0 fully saturated rings. The van der Waals surface area contributed by atoms with Crippen LogP contribution in [0.1, 0.15) is 45.2 Å². The largest absolute Gasteiger partial charge is 0.497 e. The molecular weight excluding hydrogens is 504 g/mol. The summed E-state index contributed by atoms with van der Waals surface area (Å²) < 4.78 is 36.8. The lowest BCUT2D eigenvalue weighted by Crippen LogP contribution is -2.35. The van der Waals surface area contributed by atoms with Crippen molar-refractivity contribution in [2.45, 2.75) is 18.6 Å². The smallest absolute Gasteiger partial charge is 0.276 e. The number of ketones is 2. The van der Waals surface area contributed by atoms with Gasteiger partial charge in [0.2, 0.25) is 5.91 Å². The number of fused-ring (bicyclic) bond motifs is 2. The molecule has 1 unspecified atom stereocenters. The van der Waals surface area contributed by atoms with Gasteiger partial charge in [-0.15, -0.1) is 0 Å². The quantitative estimate of drug-likeness (QED) is 0.253. The second kappa shape index (κ2) is 12.7. The number of rotatable bonds is 5. The van der Waals surface area contributed by atoms with Crippen molar-refractivity contribution in [3.63, 3.8) is 0 Å². The van der Waals surface area contributed by atoms with Gasteiger partial charge >= 0.3 is 0 Å². The van der Waals surface area contributed by atoms with Crippen LogP contribution in [0.15, 0.2) is 66.7 Å². The maximum absolute atomic E-state index is 12.8. The molecule has 0 bridgehead atoms. The standard InChI is InChI=1S/C18H15NO6S.C7H9NO.2H2O/c1-2-14(26(23,24)25)18(22)19-13-9-5-8-12-15(13)17(21)11-7-4-3-6-10(11)16(12)20;1-9-7-4-2-6(8)3-5-7;;/h3-9,14H,2H2,1H3,(H,19,22)(H,23,24,25);2-5H,8H2,1H3;2*1H2. The minimum Gasteiger partial charge on any atom is -0.497 e. The zero-order valence-electron chi connectivity index (χ0n) is 20.0. The highest BCUT2D eigenvalue weighted by atomic mass is 32.2. The van der Waals surface area contributed by atoms with Crippen LogP contribution < -0.4 is 15.8 Å². The van der Waals surface area contributed by atoms with Gasteiger partial charge in [-0.1, -0.05) is 43.3 Å². The first-order chi connectivity index (χ1) is 16.6. The van der Waals surface area contributed by atoms with Gasteiger partial charge in [0, 0.05) is 22.4 Å². The molecule has 0 heterocycles. The van der Waals surface area contributed by atoms with Crippen LogP contribution in [-0.2, 0) is 14.9 Å². The Labute approximate surface area is 213 Å². The maximum Gasteiger partial charge on any atom is 0.276 e. The molecule has 1 aliphatic carbocycles. The molecule has 1 atom stereocenters. The van der Waals surface area contributed by atoms with Crippen LogP contribution >= 0.6 is 0 Å². The fourth-order valence-electron chi connectivity index (χ4n) is 3.60. The number of methoxy groups -OCH3 is 1. The lowest BCUT2D eigenvalue weighted by molar-refractivity contribution is -0.116. The van der Waals surface area contributed by atoms with Crippen molar-refractivity contribution in [1.29, 1.82) is 0 Å². The number of carbonyl (C=O) groups excluding carboxylic acids is 3. The molecule has 0 saturated carbocycles. The molecule has 1 amide bonds. The Hall–Kier alpha value is -4.10. The molecule has 198 valence electrons. The van der Waals surface area contributed by atoms with E-state index in [2.05, 4.69) is 5.32 Å². The van der Waals surface area contributed by atoms with E-state index in [1.54, 1.807) is 37.4 Å². The number of hydrogen-bond donors (Lipinski definition) is 3. The van der Waals surface area contributed by atoms with Crippen LogP contribution in [0, 0.1) is 0 Å². The molecule has 3 aromatic rings. The summed E-state index contributed by atoms with van der Waals surface area (Å²) in [6.45, 7) is 1.43. The Balaban J connectivity index is 0.000000530. The summed E-state index contributed by atoms with van der Waals surface area (Å²) in [5.74, 6) is -0.925. The van der Waals surface area contributed by atoms with Gasteiger partial charge in [0.25, 0.3) is 10.1 Å². The first-order valence-electron chi connectivity index (χ1n) is 10.6. The van der Waals surface area contributed by atoms with E-state index in [1.807, 2.05) is 12.1 Å². The Morgan fingerprint density at radius 3 is 1.97 bits per heavy atom. The van der Waals surface area contributed by atoms with Gasteiger partial charge < -0.3 is 26.7 Å². The highest BCUT2D eigenvalue weighted by Crippen LogP contribution is 2.32. The first kappa shape index (κ1) is 30.9. The predicted molar refractivity (Wildman–Crippen MR) is 139 cm³/mol. The lowest BCUT2D eigenvalue weighted by Gasteiger charge is -2.21. The molecule has 8 N–H and O–H groups in total. The van der Waals surface area contributed by atoms with Gasteiger partial charge in [-0.2, -0.15) is 8.42 Å². The van der Waals surface area contributed by atoms with E-state index < -0.39 is 27.1 Å². The Morgan fingerprint density at radius 1 is 0.919 bits per heavy atom. The number of carbonyl (C=O) groups is 3. The van der Waals surface area contributed by atoms with Gasteiger partial charge in [-0.25, -0.2) is 0 Å². The van der Waals surface area contributed by atoms with Crippen molar-refractivity contribution < 1.29 is 43.0 Å². The molecule has 1 aliphatic rings. The average Bonchev–Trinajstić information content (AvgIpc) is 2.83. The van der Waals surface area contributed by atoms with Crippen molar-refractivity contribution in [2.75, 3.05) is 18.2 Å². The van der Waals surface area contributed by atoms with Gasteiger partial charge in [-0.05, 0) is 36.8 Å². The van der Waals surface area contributed by atoms with E-state index in [-0.39, 0.29) is 51.1 Å². The molecule has 12 heteroatoms. The molecule has 3 aromatic carbocycles. The van der Waals surface area contributed by atoms with E-state index in [0.29, 0.717) is 0 Å². The maximum atomic E-state index is 12.8. The van der Waals surface area contributed by atoms with Gasteiger partial charge in [0.1, 0.15) is 5.75 Å². The Bertz CT molecular complexity index is 1390. The summed E-state index contributed by atoms with van der Waals surface area (Å²) in [6, 6.07) is 18.0. The number of amides is 1. The number of benzene rings is 3. The summed E-state index contributed by atoms with van der Waals surface area (Å²) in [6.07, 6.45) is -0.143. The summed E-state index contributed by atoms with van der Waals surface area (Å²) in [7, 11) is -2.96. The third-order valence-electron chi connectivity index (χ3n) is 5.35. The topological polar surface area (TPSA) is 216 Å². The molecule has 0 spiro atoms. The minimum atomic E-state index is -4.59. The third-order valence-corrected chi connectivity index (χ3v) is 6.62. The van der Waals surface area contributed by atoms with E-state index in [0.717, 1.165) is 11.4 Å². The van der Waals surface area contributed by atoms with Gasteiger partial charge in [0.15, 0.2) is 16.8 Å². The lowest BCUT2D eigenvalue weighted by atomic mass is 9.83. The van der Waals surface area contributed by atoms with Crippen molar-refractivity contribution >= 4 is 39.0 Å². The monoisotopic (exact) mass is 532 g/mol. The number of nitrogens with two attached hydrogens (primary N) is 1.